The molecule has 2 nitrogen and oxygen atoms in total. The third-order valence-electron chi connectivity index (χ3n) is 2.59. The van der Waals surface area contributed by atoms with Gasteiger partial charge in [0, 0.05) is 4.90 Å². The molecule has 1 heterocycles. The van der Waals surface area contributed by atoms with Crippen molar-refractivity contribution in [3.8, 4) is 0 Å². The third kappa shape index (κ3) is 2.91. The molecule has 0 bridgehead atoms. The van der Waals surface area contributed by atoms with Crippen molar-refractivity contribution in [1.82, 2.24) is 5.32 Å². The first-order chi connectivity index (χ1) is 8.58. The first-order valence-electron chi connectivity index (χ1n) is 5.39. The maximum Gasteiger partial charge on any atom is 0.254 e. The molecule has 5 heteroatoms. The average Bonchev–Trinajstić information content (AvgIpc) is 2.85. The highest BCUT2D eigenvalue weighted by Crippen LogP contribution is 2.18. The van der Waals surface area contributed by atoms with Gasteiger partial charge in [0.15, 0.2) is 0 Å². The Hall–Kier alpha value is -1.33. The van der Waals surface area contributed by atoms with E-state index in [-0.39, 0.29) is 11.6 Å². The Morgan fingerprint density at radius 1 is 1.44 bits per heavy atom. The summed E-state index contributed by atoms with van der Waals surface area (Å²) in [5.74, 6) is -0.968. The van der Waals surface area contributed by atoms with E-state index in [9.17, 15) is 9.18 Å². The van der Waals surface area contributed by atoms with Crippen molar-refractivity contribution in [2.24, 2.45) is 0 Å². The summed E-state index contributed by atoms with van der Waals surface area (Å²) in [6.45, 7) is 1.86. The number of thiophene rings is 1. The molecule has 0 saturated carbocycles. The van der Waals surface area contributed by atoms with Gasteiger partial charge in [-0.1, -0.05) is 0 Å². The van der Waals surface area contributed by atoms with Crippen LogP contribution in [0.5, 0.6) is 0 Å². The molecule has 0 aliphatic rings. The van der Waals surface area contributed by atoms with Crippen LogP contribution >= 0.6 is 24.0 Å². The zero-order chi connectivity index (χ0) is 13.1. The molecule has 94 valence electrons. The number of rotatable bonds is 3. The van der Waals surface area contributed by atoms with Crippen LogP contribution in [-0.2, 0) is 0 Å². The Bertz CT molecular complexity index is 554. The fourth-order valence-electron chi connectivity index (χ4n) is 1.57. The van der Waals surface area contributed by atoms with Crippen LogP contribution in [0.25, 0.3) is 0 Å². The fraction of sp³-hybridized carbons (Fsp3) is 0.154. The van der Waals surface area contributed by atoms with E-state index in [2.05, 4.69) is 17.9 Å². The summed E-state index contributed by atoms with van der Waals surface area (Å²) in [6.07, 6.45) is 0. The van der Waals surface area contributed by atoms with E-state index in [4.69, 9.17) is 0 Å². The normalized spacial score (nSPS) is 12.2. The lowest BCUT2D eigenvalue weighted by Gasteiger charge is -2.13. The van der Waals surface area contributed by atoms with E-state index < -0.39 is 11.7 Å². The Morgan fingerprint density at radius 3 is 2.89 bits per heavy atom. The molecule has 18 heavy (non-hydrogen) atoms. The van der Waals surface area contributed by atoms with Crippen molar-refractivity contribution in [2.75, 3.05) is 0 Å². The summed E-state index contributed by atoms with van der Waals surface area (Å²) in [4.78, 5) is 12.5. The van der Waals surface area contributed by atoms with Crippen molar-refractivity contribution in [3.05, 3.63) is 52.0 Å². The maximum absolute atomic E-state index is 13.5. The van der Waals surface area contributed by atoms with Gasteiger partial charge in [-0.25, -0.2) is 4.39 Å². The molecule has 0 fully saturated rings. The number of carbonyl (C=O) groups is 1. The molecule has 0 radical (unpaired) electrons. The Labute approximate surface area is 114 Å². The van der Waals surface area contributed by atoms with E-state index in [0.29, 0.717) is 4.90 Å². The molecule has 0 spiro atoms. The van der Waals surface area contributed by atoms with Crippen LogP contribution in [0.15, 0.2) is 39.9 Å². The van der Waals surface area contributed by atoms with Crippen molar-refractivity contribution < 1.29 is 9.18 Å². The molecule has 1 aromatic heterocycles. The van der Waals surface area contributed by atoms with Crippen LogP contribution in [-0.4, -0.2) is 5.91 Å². The summed E-state index contributed by atoms with van der Waals surface area (Å²) >= 11 is 5.66. The molecule has 1 N–H and O–H groups in total. The second-order valence-corrected chi connectivity index (χ2v) is 5.21. The Morgan fingerprint density at radius 2 is 2.22 bits per heavy atom. The average molecular weight is 281 g/mol. The van der Waals surface area contributed by atoms with Gasteiger partial charge in [0.05, 0.1) is 11.6 Å². The molecular weight excluding hydrogens is 269 g/mol. The number of carbonyl (C=O) groups excluding carboxylic acids is 1. The lowest BCUT2D eigenvalue weighted by Crippen LogP contribution is -2.27. The van der Waals surface area contributed by atoms with Gasteiger partial charge >= 0.3 is 0 Å². The van der Waals surface area contributed by atoms with E-state index in [1.807, 2.05) is 23.8 Å². The van der Waals surface area contributed by atoms with Gasteiger partial charge in [-0.2, -0.15) is 11.3 Å². The van der Waals surface area contributed by atoms with Crippen LogP contribution in [0.3, 0.4) is 0 Å². The summed E-state index contributed by atoms with van der Waals surface area (Å²) in [7, 11) is 0. The first-order valence-corrected chi connectivity index (χ1v) is 6.78. The highest BCUT2D eigenvalue weighted by atomic mass is 32.1. The molecule has 1 amide bonds. The number of thiol groups is 1. The first kappa shape index (κ1) is 13.1. The zero-order valence-electron chi connectivity index (χ0n) is 9.68. The highest BCUT2D eigenvalue weighted by Gasteiger charge is 2.15. The van der Waals surface area contributed by atoms with Crippen LogP contribution in [0, 0.1) is 5.82 Å². The van der Waals surface area contributed by atoms with Gasteiger partial charge in [-0.3, -0.25) is 4.79 Å². The molecule has 0 aliphatic carbocycles. The Kier molecular flexibility index (Phi) is 4.04. The molecule has 0 saturated heterocycles. The molecule has 1 aromatic carbocycles. The number of nitrogens with one attached hydrogen (secondary N) is 1. The van der Waals surface area contributed by atoms with E-state index in [0.717, 1.165) is 5.56 Å². The summed E-state index contributed by atoms with van der Waals surface area (Å²) in [5.41, 5.74) is 1.03. The minimum absolute atomic E-state index is 0.0181. The molecule has 2 rings (SSSR count). The number of hydrogen-bond donors (Lipinski definition) is 2. The predicted molar refractivity (Wildman–Crippen MR) is 73.9 cm³/mol. The van der Waals surface area contributed by atoms with Crippen molar-refractivity contribution >= 4 is 29.9 Å². The number of amides is 1. The fourth-order valence-corrected chi connectivity index (χ4v) is 2.52. The smallest absolute Gasteiger partial charge is 0.254 e. The van der Waals surface area contributed by atoms with E-state index in [1.54, 1.807) is 11.3 Å². The second-order valence-electron chi connectivity index (χ2n) is 3.92. The lowest BCUT2D eigenvalue weighted by molar-refractivity contribution is 0.0935. The van der Waals surface area contributed by atoms with Crippen molar-refractivity contribution in [2.45, 2.75) is 17.9 Å². The molecule has 1 atom stereocenters. The predicted octanol–water partition coefficient (Wildman–Crippen LogP) is 3.67. The molecule has 1 unspecified atom stereocenters. The number of halogens is 1. The minimum Gasteiger partial charge on any atom is -0.345 e. The Balaban J connectivity index is 2.15. The van der Waals surface area contributed by atoms with E-state index >= 15 is 0 Å². The van der Waals surface area contributed by atoms with Gasteiger partial charge in [-0.05, 0) is 47.5 Å². The largest absolute Gasteiger partial charge is 0.345 e. The van der Waals surface area contributed by atoms with Gasteiger partial charge in [0.1, 0.15) is 5.82 Å². The lowest BCUT2D eigenvalue weighted by atomic mass is 10.1. The molecule has 2 aromatic rings. The van der Waals surface area contributed by atoms with Crippen LogP contribution in [0.1, 0.15) is 28.9 Å². The maximum atomic E-state index is 13.5. The van der Waals surface area contributed by atoms with E-state index in [1.165, 1.54) is 18.2 Å². The summed E-state index contributed by atoms with van der Waals surface area (Å²) < 4.78 is 13.5. The zero-order valence-corrected chi connectivity index (χ0v) is 11.4. The number of benzene rings is 1. The van der Waals surface area contributed by atoms with Crippen LogP contribution < -0.4 is 5.32 Å². The summed E-state index contributed by atoms with van der Waals surface area (Å²) in [5, 5.41) is 6.65. The third-order valence-corrected chi connectivity index (χ3v) is 3.56. The van der Waals surface area contributed by atoms with Crippen molar-refractivity contribution in [1.29, 1.82) is 0 Å². The van der Waals surface area contributed by atoms with Gasteiger partial charge in [0.2, 0.25) is 0 Å². The van der Waals surface area contributed by atoms with Crippen molar-refractivity contribution in [3.63, 3.8) is 0 Å². The van der Waals surface area contributed by atoms with Gasteiger partial charge < -0.3 is 5.32 Å². The summed E-state index contributed by atoms with van der Waals surface area (Å²) in [6, 6.07) is 5.96. The van der Waals surface area contributed by atoms with Gasteiger partial charge in [-0.15, -0.1) is 12.6 Å². The number of hydrogen-bond acceptors (Lipinski definition) is 3. The van der Waals surface area contributed by atoms with Gasteiger partial charge in [0.25, 0.3) is 5.91 Å². The topological polar surface area (TPSA) is 29.1 Å². The van der Waals surface area contributed by atoms with Crippen LogP contribution in [0.4, 0.5) is 4.39 Å². The molecular formula is C13H12FNOS2. The monoisotopic (exact) mass is 281 g/mol. The van der Waals surface area contributed by atoms with Crippen LogP contribution in [0.2, 0.25) is 0 Å². The SMILES string of the molecule is CC(NC(=O)c1cc(S)ccc1F)c1ccsc1. The quantitative estimate of drug-likeness (QED) is 0.826. The minimum atomic E-state index is -0.539. The molecule has 0 aliphatic heterocycles. The second kappa shape index (κ2) is 5.54. The standard InChI is InChI=1S/C13H12FNOS2/c1-8(9-4-5-18-7-9)15-13(16)11-6-10(17)2-3-12(11)14/h2-8,17H,1H3,(H,15,16). The highest BCUT2D eigenvalue weighted by molar-refractivity contribution is 7.80.